The van der Waals surface area contributed by atoms with Gasteiger partial charge in [-0.2, -0.15) is 10.2 Å². The summed E-state index contributed by atoms with van der Waals surface area (Å²) in [6.07, 6.45) is 4.26. The molecule has 3 aromatic rings. The topological polar surface area (TPSA) is 102 Å². The van der Waals surface area contributed by atoms with Gasteiger partial charge in [-0.3, -0.25) is 14.2 Å². The van der Waals surface area contributed by atoms with Crippen LogP contribution >= 0.6 is 11.6 Å². The number of aromatic carboxylic acids is 1. The van der Waals surface area contributed by atoms with Crippen molar-refractivity contribution >= 4 is 29.3 Å². The predicted molar refractivity (Wildman–Crippen MR) is 95.2 cm³/mol. The average molecular weight is 392 g/mol. The molecule has 0 aliphatic carbocycles. The van der Waals surface area contributed by atoms with E-state index in [0.29, 0.717) is 16.4 Å². The highest BCUT2D eigenvalue weighted by molar-refractivity contribution is 6.31. The first-order chi connectivity index (χ1) is 12.9. The number of nitrogens with zero attached hydrogens (tertiary/aromatic N) is 4. The van der Waals surface area contributed by atoms with Crippen molar-refractivity contribution < 1.29 is 19.1 Å². The zero-order chi connectivity index (χ0) is 19.4. The summed E-state index contributed by atoms with van der Waals surface area (Å²) in [6, 6.07) is 6.02. The van der Waals surface area contributed by atoms with Gasteiger partial charge in [0.2, 0.25) is 5.91 Å². The predicted octanol–water partition coefficient (Wildman–Crippen LogP) is 2.65. The first-order valence-corrected chi connectivity index (χ1v) is 8.32. The van der Waals surface area contributed by atoms with E-state index in [9.17, 15) is 14.0 Å². The van der Waals surface area contributed by atoms with E-state index in [0.717, 1.165) is 0 Å². The van der Waals surface area contributed by atoms with Gasteiger partial charge in [0.25, 0.3) is 0 Å². The summed E-state index contributed by atoms with van der Waals surface area (Å²) in [4.78, 5) is 22.8. The van der Waals surface area contributed by atoms with E-state index in [1.165, 1.54) is 33.9 Å². The van der Waals surface area contributed by atoms with Crippen molar-refractivity contribution in [3.63, 3.8) is 0 Å². The molecule has 0 saturated carbocycles. The summed E-state index contributed by atoms with van der Waals surface area (Å²) >= 11 is 6.00. The Hall–Kier alpha value is -3.20. The number of carboxylic acids is 1. The number of hydrogen-bond acceptors (Lipinski definition) is 4. The molecule has 8 nitrogen and oxygen atoms in total. The molecule has 1 aromatic carbocycles. The highest BCUT2D eigenvalue weighted by Gasteiger charge is 2.11. The maximum absolute atomic E-state index is 13.8. The van der Waals surface area contributed by atoms with Gasteiger partial charge in [-0.25, -0.2) is 9.18 Å². The zero-order valence-corrected chi connectivity index (χ0v) is 14.7. The summed E-state index contributed by atoms with van der Waals surface area (Å²) in [7, 11) is 0. The van der Waals surface area contributed by atoms with Crippen LogP contribution in [0.3, 0.4) is 0 Å². The Morgan fingerprint density at radius 3 is 2.78 bits per heavy atom. The molecule has 0 unspecified atom stereocenters. The number of aromatic nitrogens is 4. The molecular formula is C17H15ClFN5O3. The fourth-order valence-electron chi connectivity index (χ4n) is 2.38. The molecule has 0 radical (unpaired) electrons. The maximum atomic E-state index is 13.8. The Bertz CT molecular complexity index is 964. The van der Waals surface area contributed by atoms with Gasteiger partial charge >= 0.3 is 5.97 Å². The van der Waals surface area contributed by atoms with Crippen LogP contribution in [0.5, 0.6) is 0 Å². The van der Waals surface area contributed by atoms with E-state index >= 15 is 0 Å². The summed E-state index contributed by atoms with van der Waals surface area (Å²) in [6.45, 7) is 0.358. The van der Waals surface area contributed by atoms with Gasteiger partial charge in [0.05, 0.1) is 18.3 Å². The molecule has 0 bridgehead atoms. The zero-order valence-electron chi connectivity index (χ0n) is 14.0. The van der Waals surface area contributed by atoms with E-state index in [1.807, 2.05) is 0 Å². The van der Waals surface area contributed by atoms with Crippen LogP contribution in [-0.4, -0.2) is 36.5 Å². The number of amides is 1. The average Bonchev–Trinajstić information content (AvgIpc) is 3.26. The van der Waals surface area contributed by atoms with Gasteiger partial charge in [0.1, 0.15) is 5.82 Å². The Morgan fingerprint density at radius 1 is 1.26 bits per heavy atom. The lowest BCUT2D eigenvalue weighted by atomic mass is 10.2. The van der Waals surface area contributed by atoms with Crippen LogP contribution in [0.4, 0.5) is 10.2 Å². The quantitative estimate of drug-likeness (QED) is 0.644. The highest BCUT2D eigenvalue weighted by atomic mass is 35.5. The molecule has 2 aromatic heterocycles. The van der Waals surface area contributed by atoms with Crippen molar-refractivity contribution in [3.05, 3.63) is 64.8 Å². The first kappa shape index (κ1) is 18.6. The molecule has 140 valence electrons. The number of anilines is 1. The Morgan fingerprint density at radius 2 is 2.07 bits per heavy atom. The van der Waals surface area contributed by atoms with E-state index in [1.54, 1.807) is 18.3 Å². The minimum atomic E-state index is -1.08. The number of carbonyl (C=O) groups excluding carboxylic acids is 1. The Balaban J connectivity index is 1.55. The minimum absolute atomic E-state index is 0.0564. The lowest BCUT2D eigenvalue weighted by Gasteiger charge is -2.06. The number of nitrogens with one attached hydrogen (secondary N) is 1. The molecule has 0 aliphatic rings. The monoisotopic (exact) mass is 391 g/mol. The maximum Gasteiger partial charge on any atom is 0.338 e. The summed E-state index contributed by atoms with van der Waals surface area (Å²) in [5.41, 5.74) is 0.369. The Labute approximate surface area is 158 Å². The SMILES string of the molecule is O=C(CCn1cc(C(=O)O)cn1)Nc1ccn(Cc2c(F)cccc2Cl)n1. The third kappa shape index (κ3) is 4.70. The normalized spacial score (nSPS) is 10.7. The Kier molecular flexibility index (Phi) is 5.51. The molecule has 3 rings (SSSR count). The fourth-order valence-corrected chi connectivity index (χ4v) is 2.60. The van der Waals surface area contributed by atoms with Gasteiger partial charge in [0, 0.05) is 42.0 Å². The summed E-state index contributed by atoms with van der Waals surface area (Å²) in [5, 5.41) is 19.8. The fraction of sp³-hybridized carbons (Fsp3) is 0.176. The van der Waals surface area contributed by atoms with Gasteiger partial charge in [-0.1, -0.05) is 17.7 Å². The lowest BCUT2D eigenvalue weighted by Crippen LogP contribution is -2.15. The van der Waals surface area contributed by atoms with Crippen molar-refractivity contribution in [1.82, 2.24) is 19.6 Å². The van der Waals surface area contributed by atoms with Gasteiger partial charge in [-0.05, 0) is 12.1 Å². The summed E-state index contributed by atoms with van der Waals surface area (Å²) < 4.78 is 16.7. The van der Waals surface area contributed by atoms with Gasteiger partial charge in [-0.15, -0.1) is 0 Å². The van der Waals surface area contributed by atoms with Crippen LogP contribution in [-0.2, 0) is 17.9 Å². The number of halogens is 2. The van der Waals surface area contributed by atoms with Gasteiger partial charge in [0.15, 0.2) is 5.82 Å². The molecule has 10 heteroatoms. The number of carbonyl (C=O) groups is 2. The molecule has 27 heavy (non-hydrogen) atoms. The second kappa shape index (κ2) is 8.00. The van der Waals surface area contributed by atoms with Crippen molar-refractivity contribution in [3.8, 4) is 0 Å². The number of benzene rings is 1. The third-order valence-electron chi connectivity index (χ3n) is 3.74. The number of aryl methyl sites for hydroxylation is 1. The van der Waals surface area contributed by atoms with E-state index in [-0.39, 0.29) is 31.0 Å². The highest BCUT2D eigenvalue weighted by Crippen LogP contribution is 2.20. The number of rotatable bonds is 7. The number of carboxylic acid groups (broad SMARTS) is 1. The molecule has 0 saturated heterocycles. The van der Waals surface area contributed by atoms with E-state index in [2.05, 4.69) is 15.5 Å². The standard InChI is InChI=1S/C17H15ClFN5O3/c18-13-2-1-3-14(19)12(13)10-24-6-4-15(22-24)21-16(25)5-7-23-9-11(8-20-23)17(26)27/h1-4,6,8-9H,5,7,10H2,(H,26,27)(H,21,22,25). The molecule has 0 atom stereocenters. The smallest absolute Gasteiger partial charge is 0.338 e. The molecule has 0 spiro atoms. The molecule has 2 N–H and O–H groups in total. The number of hydrogen-bond donors (Lipinski definition) is 2. The molecule has 0 aliphatic heterocycles. The van der Waals surface area contributed by atoms with Crippen molar-refractivity contribution in [1.29, 1.82) is 0 Å². The molecular weight excluding hydrogens is 377 g/mol. The van der Waals surface area contributed by atoms with Crippen molar-refractivity contribution in [2.75, 3.05) is 5.32 Å². The molecule has 0 fully saturated rings. The first-order valence-electron chi connectivity index (χ1n) is 7.94. The van der Waals surface area contributed by atoms with Crippen LogP contribution in [0.1, 0.15) is 22.3 Å². The third-order valence-corrected chi connectivity index (χ3v) is 4.09. The van der Waals surface area contributed by atoms with Crippen LogP contribution in [0.2, 0.25) is 5.02 Å². The second-order valence-corrected chi connectivity index (χ2v) is 6.10. The van der Waals surface area contributed by atoms with Crippen LogP contribution < -0.4 is 5.32 Å². The van der Waals surface area contributed by atoms with Crippen LogP contribution in [0, 0.1) is 5.82 Å². The van der Waals surface area contributed by atoms with E-state index in [4.69, 9.17) is 16.7 Å². The summed E-state index contributed by atoms with van der Waals surface area (Å²) in [5.74, 6) is -1.49. The van der Waals surface area contributed by atoms with Crippen LogP contribution in [0.15, 0.2) is 42.9 Å². The van der Waals surface area contributed by atoms with Gasteiger partial charge < -0.3 is 10.4 Å². The van der Waals surface area contributed by atoms with E-state index < -0.39 is 11.8 Å². The van der Waals surface area contributed by atoms with Crippen LogP contribution in [0.25, 0.3) is 0 Å². The lowest BCUT2D eigenvalue weighted by molar-refractivity contribution is -0.116. The second-order valence-electron chi connectivity index (χ2n) is 5.69. The largest absolute Gasteiger partial charge is 0.478 e. The molecule has 1 amide bonds. The molecule has 2 heterocycles. The minimum Gasteiger partial charge on any atom is -0.478 e. The van der Waals surface area contributed by atoms with Crippen molar-refractivity contribution in [2.45, 2.75) is 19.5 Å². The van der Waals surface area contributed by atoms with Crippen molar-refractivity contribution in [2.24, 2.45) is 0 Å².